The summed E-state index contributed by atoms with van der Waals surface area (Å²) >= 11 is 0. The van der Waals surface area contributed by atoms with Crippen LogP contribution >= 0.6 is 7.82 Å². The first-order valence-electron chi connectivity index (χ1n) is 21.1. The molecular formula is C40H78NO10P. The Bertz CT molecular complexity index is 906. The highest BCUT2D eigenvalue weighted by Crippen LogP contribution is 2.43. The largest absolute Gasteiger partial charge is 0.480 e. The van der Waals surface area contributed by atoms with Gasteiger partial charge in [0.05, 0.1) is 13.2 Å². The number of esters is 1. The van der Waals surface area contributed by atoms with E-state index in [9.17, 15) is 34.1 Å². The first kappa shape index (κ1) is 50.5. The summed E-state index contributed by atoms with van der Waals surface area (Å²) in [6, 6.07) is -1.54. The van der Waals surface area contributed by atoms with Gasteiger partial charge >= 0.3 is 19.8 Å². The van der Waals surface area contributed by atoms with Gasteiger partial charge in [-0.05, 0) is 12.8 Å². The van der Waals surface area contributed by atoms with Gasteiger partial charge in [0, 0.05) is 12.8 Å². The van der Waals surface area contributed by atoms with Crippen LogP contribution in [0.15, 0.2) is 0 Å². The molecule has 0 aliphatic heterocycles. The highest BCUT2D eigenvalue weighted by Gasteiger charge is 2.28. The molecule has 0 aliphatic carbocycles. The van der Waals surface area contributed by atoms with Crippen LogP contribution in [-0.2, 0) is 32.7 Å². The summed E-state index contributed by atoms with van der Waals surface area (Å²) in [6.07, 6.45) is 32.7. The van der Waals surface area contributed by atoms with E-state index >= 15 is 0 Å². The van der Waals surface area contributed by atoms with Gasteiger partial charge in [0.25, 0.3) is 0 Å². The molecule has 0 bridgehead atoms. The number of aliphatic carboxylic acids is 1. The Labute approximate surface area is 316 Å². The van der Waals surface area contributed by atoms with E-state index in [2.05, 4.69) is 19.2 Å². The summed E-state index contributed by atoms with van der Waals surface area (Å²) in [4.78, 5) is 45.8. The Morgan fingerprint density at radius 2 is 0.885 bits per heavy atom. The van der Waals surface area contributed by atoms with Crippen molar-refractivity contribution < 1.29 is 47.8 Å². The monoisotopic (exact) mass is 764 g/mol. The third kappa shape index (κ3) is 35.5. The lowest BCUT2D eigenvalue weighted by Gasteiger charge is -2.18. The van der Waals surface area contributed by atoms with E-state index in [0.717, 1.165) is 38.5 Å². The quantitative estimate of drug-likeness (QED) is 0.0268. The Morgan fingerprint density at radius 1 is 0.538 bits per heavy atom. The summed E-state index contributed by atoms with van der Waals surface area (Å²) in [6.45, 7) is 2.60. The highest BCUT2D eigenvalue weighted by molar-refractivity contribution is 7.47. The lowest BCUT2D eigenvalue weighted by molar-refractivity contribution is -0.147. The number of carboxylic acids is 1. The maximum atomic E-state index is 12.3. The molecule has 4 N–H and O–H groups in total. The van der Waals surface area contributed by atoms with Crippen molar-refractivity contribution >= 4 is 25.7 Å². The van der Waals surface area contributed by atoms with E-state index in [1.165, 1.54) is 128 Å². The number of phosphoric acid groups is 1. The number of phosphoric ester groups is 1. The maximum Gasteiger partial charge on any atom is 0.472 e. The minimum absolute atomic E-state index is 0.152. The molecule has 0 heterocycles. The third-order valence-corrected chi connectivity index (χ3v) is 10.3. The topological polar surface area (TPSA) is 169 Å². The van der Waals surface area contributed by atoms with Gasteiger partial charge in [-0.2, -0.15) is 0 Å². The Kier molecular flexibility index (Phi) is 35.4. The van der Waals surface area contributed by atoms with Crippen LogP contribution in [0.2, 0.25) is 0 Å². The zero-order valence-corrected chi connectivity index (χ0v) is 34.0. The molecule has 0 saturated carbocycles. The molecule has 0 rings (SSSR count). The second-order valence-electron chi connectivity index (χ2n) is 14.5. The number of carboxylic acid groups (broad SMARTS) is 1. The smallest absolute Gasteiger partial charge is 0.472 e. The van der Waals surface area contributed by atoms with Crippen LogP contribution < -0.4 is 5.32 Å². The van der Waals surface area contributed by atoms with Crippen LogP contribution in [0.5, 0.6) is 0 Å². The molecule has 0 aromatic carbocycles. The van der Waals surface area contributed by atoms with E-state index in [1.54, 1.807) is 0 Å². The Hall–Kier alpha value is -1.52. The fourth-order valence-electron chi connectivity index (χ4n) is 6.08. The molecule has 0 saturated heterocycles. The highest BCUT2D eigenvalue weighted by atomic mass is 31.2. The van der Waals surface area contributed by atoms with Gasteiger partial charge in [-0.3, -0.25) is 18.6 Å². The number of aliphatic hydroxyl groups excluding tert-OH is 1. The molecule has 0 aromatic rings. The molecule has 11 nitrogen and oxygen atoms in total. The number of nitrogens with one attached hydrogen (secondary N) is 1. The van der Waals surface area contributed by atoms with Crippen LogP contribution in [0.4, 0.5) is 0 Å². The number of carbonyl (C=O) groups is 3. The molecule has 1 amide bonds. The summed E-state index contributed by atoms with van der Waals surface area (Å²) in [5.41, 5.74) is 0. The Morgan fingerprint density at radius 3 is 1.27 bits per heavy atom. The molecule has 308 valence electrons. The SMILES string of the molecule is CCCCCCCCCCCCCCCCCC(=O)NC(COP(=O)(O)OCC(O)COC(=O)CCCCCCCCCCCCCCC)C(=O)O. The number of carbonyl (C=O) groups excluding carboxylic acids is 2. The van der Waals surface area contributed by atoms with Gasteiger partial charge in [0.1, 0.15) is 12.7 Å². The summed E-state index contributed by atoms with van der Waals surface area (Å²) in [7, 11) is -4.74. The van der Waals surface area contributed by atoms with Gasteiger partial charge in [0.2, 0.25) is 5.91 Å². The average Bonchev–Trinajstić information content (AvgIpc) is 3.11. The van der Waals surface area contributed by atoms with Crippen LogP contribution in [0.1, 0.15) is 206 Å². The number of amides is 1. The number of ether oxygens (including phenoxy) is 1. The van der Waals surface area contributed by atoms with Crippen molar-refractivity contribution in [1.29, 1.82) is 0 Å². The van der Waals surface area contributed by atoms with Gasteiger partial charge in [-0.15, -0.1) is 0 Å². The van der Waals surface area contributed by atoms with Gasteiger partial charge in [0.15, 0.2) is 6.04 Å². The second kappa shape index (κ2) is 36.5. The Balaban J connectivity index is 3.90. The zero-order valence-electron chi connectivity index (χ0n) is 33.1. The molecule has 3 atom stereocenters. The zero-order chi connectivity index (χ0) is 38.5. The van der Waals surface area contributed by atoms with E-state index in [0.29, 0.717) is 12.8 Å². The summed E-state index contributed by atoms with van der Waals surface area (Å²) in [5, 5.41) is 21.8. The van der Waals surface area contributed by atoms with Crippen molar-refractivity contribution in [3.05, 3.63) is 0 Å². The predicted molar refractivity (Wildman–Crippen MR) is 208 cm³/mol. The fraction of sp³-hybridized carbons (Fsp3) is 0.925. The van der Waals surface area contributed by atoms with E-state index < -0.39 is 57.6 Å². The molecular weight excluding hydrogens is 685 g/mol. The molecule has 0 spiro atoms. The normalized spacial score (nSPS) is 13.8. The molecule has 0 radical (unpaired) electrons. The maximum absolute atomic E-state index is 12.3. The molecule has 0 fully saturated rings. The van der Waals surface area contributed by atoms with Crippen molar-refractivity contribution in [3.8, 4) is 0 Å². The molecule has 52 heavy (non-hydrogen) atoms. The van der Waals surface area contributed by atoms with E-state index in [4.69, 9.17) is 13.8 Å². The fourth-order valence-corrected chi connectivity index (χ4v) is 6.85. The average molecular weight is 764 g/mol. The van der Waals surface area contributed by atoms with Crippen LogP contribution in [0.25, 0.3) is 0 Å². The number of rotatable bonds is 40. The first-order chi connectivity index (χ1) is 25.1. The van der Waals surface area contributed by atoms with Crippen LogP contribution in [-0.4, -0.2) is 64.9 Å². The van der Waals surface area contributed by atoms with E-state index in [-0.39, 0.29) is 12.8 Å². The number of hydrogen-bond acceptors (Lipinski definition) is 8. The summed E-state index contributed by atoms with van der Waals surface area (Å²) < 4.78 is 26.8. The lowest BCUT2D eigenvalue weighted by atomic mass is 10.0. The van der Waals surface area contributed by atoms with E-state index in [1.807, 2.05) is 0 Å². The lowest BCUT2D eigenvalue weighted by Crippen LogP contribution is -2.43. The summed E-state index contributed by atoms with van der Waals surface area (Å²) in [5.74, 6) is -2.36. The van der Waals surface area contributed by atoms with Crippen LogP contribution in [0.3, 0.4) is 0 Å². The minimum Gasteiger partial charge on any atom is -0.480 e. The molecule has 0 aliphatic rings. The molecule has 12 heteroatoms. The standard InChI is InChI=1S/C40H78NO10P/c1-3-5-7-9-11-13-15-17-18-20-21-23-25-27-29-31-38(43)41-37(40(45)46)35-51-52(47,48)50-34-36(42)33-49-39(44)32-30-28-26-24-22-19-16-14-12-10-8-6-4-2/h36-37,42H,3-35H2,1-2H3,(H,41,43)(H,45,46)(H,47,48). The number of aliphatic hydroxyl groups is 1. The van der Waals surface area contributed by atoms with Crippen LogP contribution in [0, 0.1) is 0 Å². The van der Waals surface area contributed by atoms with Crippen molar-refractivity contribution in [2.45, 2.75) is 219 Å². The van der Waals surface area contributed by atoms with Gasteiger partial charge < -0.3 is 25.2 Å². The minimum atomic E-state index is -4.74. The van der Waals surface area contributed by atoms with Crippen molar-refractivity contribution in [2.75, 3.05) is 19.8 Å². The van der Waals surface area contributed by atoms with Crippen molar-refractivity contribution in [1.82, 2.24) is 5.32 Å². The number of unbranched alkanes of at least 4 members (excludes halogenated alkanes) is 26. The van der Waals surface area contributed by atoms with Crippen molar-refractivity contribution in [2.24, 2.45) is 0 Å². The predicted octanol–water partition coefficient (Wildman–Crippen LogP) is 10.3. The molecule has 0 aromatic heterocycles. The third-order valence-electron chi connectivity index (χ3n) is 9.40. The van der Waals surface area contributed by atoms with Crippen molar-refractivity contribution in [3.63, 3.8) is 0 Å². The van der Waals surface area contributed by atoms with Gasteiger partial charge in [-0.25, -0.2) is 9.36 Å². The molecule has 3 unspecified atom stereocenters. The number of hydrogen-bond donors (Lipinski definition) is 4. The second-order valence-corrected chi connectivity index (χ2v) is 16.0. The first-order valence-corrected chi connectivity index (χ1v) is 22.6. The van der Waals surface area contributed by atoms with Gasteiger partial charge in [-0.1, -0.05) is 181 Å².